The fraction of sp³-hybridized carbons (Fsp3) is 0.400. The van der Waals surface area contributed by atoms with Crippen LogP contribution < -0.4 is 0 Å². The first-order valence-corrected chi connectivity index (χ1v) is 7.40. The first-order chi connectivity index (χ1) is 8.87. The van der Waals surface area contributed by atoms with Gasteiger partial charge in [-0.1, -0.05) is 18.2 Å². The van der Waals surface area contributed by atoms with Gasteiger partial charge in [-0.05, 0) is 49.4 Å². The van der Waals surface area contributed by atoms with Gasteiger partial charge in [0.05, 0.1) is 6.42 Å². The number of carbonyl (C=O) groups excluding carboxylic acids is 1. The number of nitrogens with zero attached hydrogens (tertiary/aromatic N) is 1. The standard InChI is InChI=1S/C15H18INO2/c1-15(2,3)19-14(18)8-9-17-10-12(16)11-6-4-5-7-13(11)17/h4-7,10H,8-9H2,1-3H3. The summed E-state index contributed by atoms with van der Waals surface area (Å²) in [5.41, 5.74) is 0.750. The van der Waals surface area contributed by atoms with E-state index in [0.29, 0.717) is 13.0 Å². The molecule has 0 aliphatic rings. The number of fused-ring (bicyclic) bond motifs is 1. The second kappa shape index (κ2) is 5.53. The van der Waals surface area contributed by atoms with Crippen molar-refractivity contribution in [2.75, 3.05) is 0 Å². The van der Waals surface area contributed by atoms with Crippen LogP contribution in [-0.4, -0.2) is 16.1 Å². The fourth-order valence-corrected chi connectivity index (χ4v) is 2.78. The van der Waals surface area contributed by atoms with E-state index in [1.807, 2.05) is 32.9 Å². The second-order valence-electron chi connectivity index (χ2n) is 5.52. The van der Waals surface area contributed by atoms with Crippen molar-refractivity contribution in [2.45, 2.75) is 39.3 Å². The van der Waals surface area contributed by atoms with E-state index in [9.17, 15) is 4.79 Å². The molecule has 0 radical (unpaired) electrons. The monoisotopic (exact) mass is 371 g/mol. The van der Waals surface area contributed by atoms with Crippen molar-refractivity contribution in [3.05, 3.63) is 34.0 Å². The molecule has 0 bridgehead atoms. The zero-order valence-electron chi connectivity index (χ0n) is 11.4. The van der Waals surface area contributed by atoms with E-state index in [1.165, 1.54) is 8.96 Å². The zero-order chi connectivity index (χ0) is 14.0. The average molecular weight is 371 g/mol. The van der Waals surface area contributed by atoms with Gasteiger partial charge in [-0.15, -0.1) is 0 Å². The van der Waals surface area contributed by atoms with Crippen LogP contribution in [0.2, 0.25) is 0 Å². The lowest BCUT2D eigenvalue weighted by molar-refractivity contribution is -0.155. The molecule has 0 atom stereocenters. The van der Waals surface area contributed by atoms with Crippen LogP contribution in [0.4, 0.5) is 0 Å². The summed E-state index contributed by atoms with van der Waals surface area (Å²) in [6, 6.07) is 8.22. The molecule has 0 spiro atoms. The van der Waals surface area contributed by atoms with Gasteiger partial charge in [0.2, 0.25) is 0 Å². The maximum absolute atomic E-state index is 11.7. The molecule has 3 nitrogen and oxygen atoms in total. The molecule has 0 unspecified atom stereocenters. The Morgan fingerprint density at radius 1 is 1.32 bits per heavy atom. The number of hydrogen-bond donors (Lipinski definition) is 0. The molecule has 0 aliphatic carbocycles. The van der Waals surface area contributed by atoms with Crippen molar-refractivity contribution >= 4 is 39.5 Å². The topological polar surface area (TPSA) is 31.2 Å². The summed E-state index contributed by atoms with van der Waals surface area (Å²) in [5, 5.41) is 1.23. The van der Waals surface area contributed by atoms with Crippen molar-refractivity contribution in [3.8, 4) is 0 Å². The number of rotatable bonds is 3. The van der Waals surface area contributed by atoms with Crippen LogP contribution >= 0.6 is 22.6 Å². The van der Waals surface area contributed by atoms with Crippen LogP contribution in [0.15, 0.2) is 30.5 Å². The summed E-state index contributed by atoms with van der Waals surface area (Å²) >= 11 is 2.32. The molecule has 0 fully saturated rings. The molecule has 1 aromatic carbocycles. The number of aryl methyl sites for hydroxylation is 1. The molecular formula is C15H18INO2. The highest BCUT2D eigenvalue weighted by atomic mass is 127. The molecule has 19 heavy (non-hydrogen) atoms. The minimum absolute atomic E-state index is 0.153. The Balaban J connectivity index is 2.08. The lowest BCUT2D eigenvalue weighted by Gasteiger charge is -2.19. The van der Waals surface area contributed by atoms with Crippen LogP contribution in [0.1, 0.15) is 27.2 Å². The molecule has 102 valence electrons. The van der Waals surface area contributed by atoms with Gasteiger partial charge in [0, 0.05) is 27.2 Å². The predicted octanol–water partition coefficient (Wildman–Crippen LogP) is 3.98. The van der Waals surface area contributed by atoms with Gasteiger partial charge in [0.15, 0.2) is 0 Å². The Morgan fingerprint density at radius 3 is 2.68 bits per heavy atom. The summed E-state index contributed by atoms with van der Waals surface area (Å²) in [4.78, 5) is 11.7. The summed E-state index contributed by atoms with van der Waals surface area (Å²) in [5.74, 6) is -0.153. The Bertz CT molecular complexity index is 596. The van der Waals surface area contributed by atoms with Crippen molar-refractivity contribution in [1.29, 1.82) is 0 Å². The van der Waals surface area contributed by atoms with Gasteiger partial charge in [-0.3, -0.25) is 4.79 Å². The minimum Gasteiger partial charge on any atom is -0.460 e. The van der Waals surface area contributed by atoms with Gasteiger partial charge < -0.3 is 9.30 Å². The van der Waals surface area contributed by atoms with E-state index in [2.05, 4.69) is 45.5 Å². The highest BCUT2D eigenvalue weighted by Gasteiger charge is 2.16. The fourth-order valence-electron chi connectivity index (χ4n) is 1.99. The van der Waals surface area contributed by atoms with Crippen LogP contribution in [0, 0.1) is 3.57 Å². The Morgan fingerprint density at radius 2 is 2.00 bits per heavy atom. The quantitative estimate of drug-likeness (QED) is 0.604. The number of para-hydroxylation sites is 1. The third-order valence-corrected chi connectivity index (χ3v) is 3.58. The van der Waals surface area contributed by atoms with Crippen molar-refractivity contribution < 1.29 is 9.53 Å². The normalized spacial score (nSPS) is 11.8. The molecule has 2 rings (SSSR count). The zero-order valence-corrected chi connectivity index (χ0v) is 13.6. The van der Waals surface area contributed by atoms with Gasteiger partial charge in [0.1, 0.15) is 5.60 Å². The third kappa shape index (κ3) is 3.72. The SMILES string of the molecule is CC(C)(C)OC(=O)CCn1cc(I)c2ccccc21. The highest BCUT2D eigenvalue weighted by molar-refractivity contribution is 14.1. The van der Waals surface area contributed by atoms with Crippen LogP contribution in [0.3, 0.4) is 0 Å². The number of benzene rings is 1. The Kier molecular flexibility index (Phi) is 4.18. The van der Waals surface area contributed by atoms with Crippen molar-refractivity contribution in [3.63, 3.8) is 0 Å². The smallest absolute Gasteiger partial charge is 0.308 e. The molecule has 1 heterocycles. The van der Waals surface area contributed by atoms with Gasteiger partial charge in [-0.2, -0.15) is 0 Å². The van der Waals surface area contributed by atoms with Gasteiger partial charge in [0.25, 0.3) is 0 Å². The van der Waals surface area contributed by atoms with Crippen LogP contribution in [0.5, 0.6) is 0 Å². The lowest BCUT2D eigenvalue weighted by atomic mass is 10.2. The Labute approximate surface area is 127 Å². The lowest BCUT2D eigenvalue weighted by Crippen LogP contribution is -2.24. The molecule has 0 saturated heterocycles. The molecule has 0 aliphatic heterocycles. The molecule has 0 saturated carbocycles. The summed E-state index contributed by atoms with van der Waals surface area (Å²) in [6.07, 6.45) is 2.47. The maximum Gasteiger partial charge on any atom is 0.308 e. The number of halogens is 1. The van der Waals surface area contributed by atoms with E-state index in [0.717, 1.165) is 5.52 Å². The van der Waals surface area contributed by atoms with E-state index in [1.54, 1.807) is 0 Å². The van der Waals surface area contributed by atoms with Crippen molar-refractivity contribution in [2.24, 2.45) is 0 Å². The molecule has 0 N–H and O–H groups in total. The van der Waals surface area contributed by atoms with Gasteiger partial charge in [-0.25, -0.2) is 0 Å². The minimum atomic E-state index is -0.412. The summed E-state index contributed by atoms with van der Waals surface area (Å²) in [7, 11) is 0. The molecule has 0 amide bonds. The van der Waals surface area contributed by atoms with Crippen LogP contribution in [-0.2, 0) is 16.1 Å². The predicted molar refractivity (Wildman–Crippen MR) is 85.1 cm³/mol. The molecule has 4 heteroatoms. The Hall–Kier alpha value is -1.04. The number of carbonyl (C=O) groups is 1. The summed E-state index contributed by atoms with van der Waals surface area (Å²) in [6.45, 7) is 6.31. The van der Waals surface area contributed by atoms with Gasteiger partial charge >= 0.3 is 5.97 Å². The van der Waals surface area contributed by atoms with E-state index >= 15 is 0 Å². The number of ether oxygens (including phenoxy) is 1. The molecule has 2 aromatic rings. The second-order valence-corrected chi connectivity index (χ2v) is 6.69. The first kappa shape index (κ1) is 14.4. The number of esters is 1. The van der Waals surface area contributed by atoms with E-state index in [4.69, 9.17) is 4.74 Å². The molecular weight excluding hydrogens is 353 g/mol. The summed E-state index contributed by atoms with van der Waals surface area (Å²) < 4.78 is 8.64. The third-order valence-electron chi connectivity index (χ3n) is 2.72. The average Bonchev–Trinajstić information content (AvgIpc) is 2.62. The van der Waals surface area contributed by atoms with E-state index in [-0.39, 0.29) is 5.97 Å². The highest BCUT2D eigenvalue weighted by Crippen LogP contribution is 2.23. The number of aromatic nitrogens is 1. The van der Waals surface area contributed by atoms with E-state index < -0.39 is 5.60 Å². The largest absolute Gasteiger partial charge is 0.460 e. The van der Waals surface area contributed by atoms with Crippen LogP contribution in [0.25, 0.3) is 10.9 Å². The first-order valence-electron chi connectivity index (χ1n) is 6.32. The molecule has 1 aromatic heterocycles. The maximum atomic E-state index is 11.7. The number of hydrogen-bond acceptors (Lipinski definition) is 2. The van der Waals surface area contributed by atoms with Crippen molar-refractivity contribution in [1.82, 2.24) is 4.57 Å².